The van der Waals surface area contributed by atoms with Crippen molar-refractivity contribution in [3.8, 4) is 11.5 Å². The van der Waals surface area contributed by atoms with Crippen LogP contribution in [0.15, 0.2) is 48.5 Å². The first-order valence-corrected chi connectivity index (χ1v) is 9.95. The molecule has 0 spiro atoms. The molecular formula is C23H27NO5. The standard InChI is InChI=1S/C23H27NO5/c1-3-28-21-13-18(9-10-20(21)29-15-22(25)26)23(27)24-12-11-19(16(2)14-24)17-7-5-4-6-8-17/h4-10,13,16,19H,3,11-12,14-15H2,1-2H3,(H,25,26). The molecule has 1 heterocycles. The predicted molar refractivity (Wildman–Crippen MR) is 110 cm³/mol. The highest BCUT2D eigenvalue weighted by Gasteiger charge is 2.30. The summed E-state index contributed by atoms with van der Waals surface area (Å²) in [5.41, 5.74) is 1.84. The number of piperidine rings is 1. The molecule has 2 aromatic rings. The number of likely N-dealkylation sites (tertiary alicyclic amines) is 1. The predicted octanol–water partition coefficient (Wildman–Crippen LogP) is 3.81. The number of rotatable bonds is 7. The van der Waals surface area contributed by atoms with E-state index in [2.05, 4.69) is 31.2 Å². The zero-order valence-corrected chi connectivity index (χ0v) is 16.8. The van der Waals surface area contributed by atoms with E-state index in [-0.39, 0.29) is 5.91 Å². The molecule has 1 amide bonds. The highest BCUT2D eigenvalue weighted by Crippen LogP contribution is 2.34. The van der Waals surface area contributed by atoms with Crippen LogP contribution in [0.4, 0.5) is 0 Å². The lowest BCUT2D eigenvalue weighted by molar-refractivity contribution is -0.139. The van der Waals surface area contributed by atoms with Crippen LogP contribution in [0.5, 0.6) is 11.5 Å². The number of carboxylic acid groups (broad SMARTS) is 1. The molecule has 1 aliphatic rings. The third-order valence-corrected chi connectivity index (χ3v) is 5.26. The molecule has 2 aromatic carbocycles. The second-order valence-corrected chi connectivity index (χ2v) is 7.31. The van der Waals surface area contributed by atoms with Gasteiger partial charge in [-0.2, -0.15) is 0 Å². The van der Waals surface area contributed by atoms with Crippen molar-refractivity contribution < 1.29 is 24.2 Å². The van der Waals surface area contributed by atoms with E-state index in [9.17, 15) is 9.59 Å². The molecule has 0 bridgehead atoms. The Labute approximate surface area is 171 Å². The van der Waals surface area contributed by atoms with E-state index in [1.807, 2.05) is 17.9 Å². The van der Waals surface area contributed by atoms with Crippen LogP contribution in [0.1, 0.15) is 42.1 Å². The Balaban J connectivity index is 1.71. The number of benzene rings is 2. The summed E-state index contributed by atoms with van der Waals surface area (Å²) >= 11 is 0. The molecule has 29 heavy (non-hydrogen) atoms. The van der Waals surface area contributed by atoms with Crippen LogP contribution in [0.3, 0.4) is 0 Å². The Bertz CT molecular complexity index is 852. The van der Waals surface area contributed by atoms with Crippen molar-refractivity contribution >= 4 is 11.9 Å². The van der Waals surface area contributed by atoms with Crippen molar-refractivity contribution in [2.24, 2.45) is 5.92 Å². The van der Waals surface area contributed by atoms with Gasteiger partial charge in [0.1, 0.15) is 0 Å². The quantitative estimate of drug-likeness (QED) is 0.769. The average Bonchev–Trinajstić information content (AvgIpc) is 2.73. The lowest BCUT2D eigenvalue weighted by atomic mass is 9.81. The molecule has 154 valence electrons. The number of hydrogen-bond acceptors (Lipinski definition) is 4. The fourth-order valence-electron chi connectivity index (χ4n) is 3.88. The fraction of sp³-hybridized carbons (Fsp3) is 0.391. The molecule has 1 saturated heterocycles. The minimum Gasteiger partial charge on any atom is -0.490 e. The third-order valence-electron chi connectivity index (χ3n) is 5.26. The van der Waals surface area contributed by atoms with E-state index in [4.69, 9.17) is 14.6 Å². The van der Waals surface area contributed by atoms with Gasteiger partial charge in [-0.3, -0.25) is 4.79 Å². The molecule has 6 nitrogen and oxygen atoms in total. The fourth-order valence-corrected chi connectivity index (χ4v) is 3.88. The van der Waals surface area contributed by atoms with Crippen LogP contribution in [0.2, 0.25) is 0 Å². The van der Waals surface area contributed by atoms with Gasteiger partial charge >= 0.3 is 5.97 Å². The molecular weight excluding hydrogens is 370 g/mol. The summed E-state index contributed by atoms with van der Waals surface area (Å²) in [4.78, 5) is 25.7. The molecule has 2 unspecified atom stereocenters. The van der Waals surface area contributed by atoms with Gasteiger partial charge in [0.15, 0.2) is 18.1 Å². The minimum absolute atomic E-state index is 0.0471. The summed E-state index contributed by atoms with van der Waals surface area (Å²) in [5.74, 6) is 0.399. The maximum Gasteiger partial charge on any atom is 0.341 e. The highest BCUT2D eigenvalue weighted by atomic mass is 16.5. The zero-order chi connectivity index (χ0) is 20.8. The maximum absolute atomic E-state index is 13.1. The molecule has 6 heteroatoms. The van der Waals surface area contributed by atoms with Gasteiger partial charge < -0.3 is 19.5 Å². The molecule has 0 aromatic heterocycles. The molecule has 1 N–H and O–H groups in total. The summed E-state index contributed by atoms with van der Waals surface area (Å²) < 4.78 is 10.8. The van der Waals surface area contributed by atoms with Crippen LogP contribution in [-0.4, -0.2) is 48.2 Å². The van der Waals surface area contributed by atoms with Gasteiger partial charge in [0.2, 0.25) is 0 Å². The summed E-state index contributed by atoms with van der Waals surface area (Å²) in [6.45, 7) is 5.33. The number of aliphatic carboxylic acids is 1. The molecule has 1 aliphatic heterocycles. The SMILES string of the molecule is CCOc1cc(C(=O)N2CCC(c3ccccc3)C(C)C2)ccc1OCC(=O)O. The molecule has 1 fully saturated rings. The van der Waals surface area contributed by atoms with Gasteiger partial charge in [0, 0.05) is 18.7 Å². The minimum atomic E-state index is -1.07. The Morgan fingerprint density at radius 2 is 1.86 bits per heavy atom. The first kappa shape index (κ1) is 20.7. The summed E-state index contributed by atoms with van der Waals surface area (Å²) in [6, 6.07) is 15.3. The number of carbonyl (C=O) groups excluding carboxylic acids is 1. The van der Waals surface area contributed by atoms with Crippen molar-refractivity contribution in [2.75, 3.05) is 26.3 Å². The van der Waals surface area contributed by atoms with Crippen molar-refractivity contribution in [1.82, 2.24) is 4.90 Å². The van der Waals surface area contributed by atoms with Gasteiger partial charge in [0.05, 0.1) is 6.61 Å². The summed E-state index contributed by atoms with van der Waals surface area (Å²) in [5, 5.41) is 8.81. The largest absolute Gasteiger partial charge is 0.490 e. The average molecular weight is 397 g/mol. The van der Waals surface area contributed by atoms with E-state index in [0.29, 0.717) is 48.6 Å². The lowest BCUT2D eigenvalue weighted by Gasteiger charge is -2.37. The number of ether oxygens (including phenoxy) is 2. The van der Waals surface area contributed by atoms with Crippen LogP contribution in [0.25, 0.3) is 0 Å². The number of nitrogens with zero attached hydrogens (tertiary/aromatic N) is 1. The van der Waals surface area contributed by atoms with E-state index in [1.165, 1.54) is 5.56 Å². The van der Waals surface area contributed by atoms with Gasteiger partial charge in [-0.05, 0) is 48.9 Å². The first-order valence-electron chi connectivity index (χ1n) is 9.95. The normalized spacial score (nSPS) is 18.9. The Hall–Kier alpha value is -3.02. The summed E-state index contributed by atoms with van der Waals surface area (Å²) in [7, 11) is 0. The highest BCUT2D eigenvalue weighted by molar-refractivity contribution is 5.95. The first-order chi connectivity index (χ1) is 14.0. The number of amides is 1. The van der Waals surface area contributed by atoms with Crippen LogP contribution < -0.4 is 9.47 Å². The van der Waals surface area contributed by atoms with Crippen LogP contribution in [-0.2, 0) is 4.79 Å². The van der Waals surface area contributed by atoms with Crippen LogP contribution >= 0.6 is 0 Å². The number of carbonyl (C=O) groups is 2. The van der Waals surface area contributed by atoms with Crippen molar-refractivity contribution in [3.05, 3.63) is 59.7 Å². The van der Waals surface area contributed by atoms with Gasteiger partial charge in [-0.15, -0.1) is 0 Å². The summed E-state index contributed by atoms with van der Waals surface area (Å²) in [6.07, 6.45) is 0.926. The van der Waals surface area contributed by atoms with Crippen molar-refractivity contribution in [2.45, 2.75) is 26.2 Å². The number of hydrogen-bond donors (Lipinski definition) is 1. The van der Waals surface area contributed by atoms with Crippen molar-refractivity contribution in [1.29, 1.82) is 0 Å². The van der Waals surface area contributed by atoms with E-state index in [0.717, 1.165) is 6.42 Å². The molecule has 3 rings (SSSR count). The van der Waals surface area contributed by atoms with Gasteiger partial charge in [-0.1, -0.05) is 37.3 Å². The van der Waals surface area contributed by atoms with Crippen molar-refractivity contribution in [3.63, 3.8) is 0 Å². The Morgan fingerprint density at radius 1 is 1.10 bits per heavy atom. The molecule has 0 radical (unpaired) electrons. The smallest absolute Gasteiger partial charge is 0.341 e. The van der Waals surface area contributed by atoms with E-state index in [1.54, 1.807) is 18.2 Å². The number of carboxylic acids is 1. The van der Waals surface area contributed by atoms with Crippen LogP contribution in [0, 0.1) is 5.92 Å². The lowest BCUT2D eigenvalue weighted by Crippen LogP contribution is -2.42. The van der Waals surface area contributed by atoms with Gasteiger partial charge in [0.25, 0.3) is 5.91 Å². The van der Waals surface area contributed by atoms with E-state index >= 15 is 0 Å². The second-order valence-electron chi connectivity index (χ2n) is 7.31. The molecule has 0 saturated carbocycles. The monoisotopic (exact) mass is 397 g/mol. The van der Waals surface area contributed by atoms with Gasteiger partial charge in [-0.25, -0.2) is 4.79 Å². The Kier molecular flexibility index (Phi) is 6.75. The Morgan fingerprint density at radius 3 is 2.52 bits per heavy atom. The topological polar surface area (TPSA) is 76.1 Å². The second kappa shape index (κ2) is 9.45. The molecule has 2 atom stereocenters. The molecule has 0 aliphatic carbocycles. The van der Waals surface area contributed by atoms with E-state index < -0.39 is 12.6 Å². The third kappa shape index (κ3) is 5.08. The zero-order valence-electron chi connectivity index (χ0n) is 16.8. The maximum atomic E-state index is 13.1.